The molecule has 0 N–H and O–H groups in total. The lowest BCUT2D eigenvalue weighted by molar-refractivity contribution is 0.377. The van der Waals surface area contributed by atoms with Crippen molar-refractivity contribution < 1.29 is 4.39 Å². The van der Waals surface area contributed by atoms with Gasteiger partial charge >= 0.3 is 0 Å². The first-order valence-electron chi connectivity index (χ1n) is 2.41. The summed E-state index contributed by atoms with van der Waals surface area (Å²) in [7, 11) is 0. The first kappa shape index (κ1) is 7.97. The minimum Gasteiger partial charge on any atom is -0.246 e. The SMILES string of the molecule is CC#CCC(F)CBr. The first-order chi connectivity index (χ1) is 3.81. The average Bonchev–Trinajstić information content (AvgIpc) is 1.83. The molecule has 0 aromatic heterocycles. The Hall–Kier alpha value is -0.0300. The Balaban J connectivity index is 3.19. The summed E-state index contributed by atoms with van der Waals surface area (Å²) < 4.78 is 12.2. The molecule has 2 heteroatoms. The maximum Gasteiger partial charge on any atom is 0.121 e. The third-order valence-electron chi connectivity index (χ3n) is 0.668. The zero-order valence-corrected chi connectivity index (χ0v) is 6.33. The lowest BCUT2D eigenvalue weighted by Gasteiger charge is -1.93. The highest BCUT2D eigenvalue weighted by molar-refractivity contribution is 9.09. The van der Waals surface area contributed by atoms with E-state index in [1.807, 2.05) is 0 Å². The van der Waals surface area contributed by atoms with Crippen LogP contribution in [0, 0.1) is 11.8 Å². The van der Waals surface area contributed by atoms with E-state index >= 15 is 0 Å². The highest BCUT2D eigenvalue weighted by Gasteiger charge is 1.98. The summed E-state index contributed by atoms with van der Waals surface area (Å²) in [6, 6.07) is 0. The Labute approximate surface area is 57.6 Å². The van der Waals surface area contributed by atoms with Crippen molar-refractivity contribution >= 4 is 15.9 Å². The third kappa shape index (κ3) is 4.14. The van der Waals surface area contributed by atoms with Crippen molar-refractivity contribution in [1.29, 1.82) is 0 Å². The van der Waals surface area contributed by atoms with Gasteiger partial charge in [0.1, 0.15) is 6.17 Å². The van der Waals surface area contributed by atoms with Crippen LogP contribution in [0.1, 0.15) is 13.3 Å². The van der Waals surface area contributed by atoms with Crippen molar-refractivity contribution in [3.05, 3.63) is 0 Å². The predicted molar refractivity (Wildman–Crippen MR) is 36.8 cm³/mol. The standard InChI is InChI=1S/C6H8BrF/c1-2-3-4-6(8)5-7/h6H,4-5H2,1H3. The zero-order valence-electron chi connectivity index (χ0n) is 4.75. The normalized spacial score (nSPS) is 11.9. The molecule has 0 aliphatic heterocycles. The molecule has 0 aliphatic carbocycles. The van der Waals surface area contributed by atoms with Gasteiger partial charge in [0, 0.05) is 11.8 Å². The molecule has 0 amide bonds. The van der Waals surface area contributed by atoms with Gasteiger partial charge in [0.25, 0.3) is 0 Å². The molecular weight excluding hydrogens is 171 g/mol. The van der Waals surface area contributed by atoms with Gasteiger partial charge in [-0.2, -0.15) is 0 Å². The van der Waals surface area contributed by atoms with Crippen LogP contribution in [-0.4, -0.2) is 11.5 Å². The number of hydrogen-bond acceptors (Lipinski definition) is 0. The van der Waals surface area contributed by atoms with E-state index < -0.39 is 6.17 Å². The molecule has 0 aliphatic rings. The molecule has 0 spiro atoms. The number of hydrogen-bond donors (Lipinski definition) is 0. The summed E-state index contributed by atoms with van der Waals surface area (Å²) in [4.78, 5) is 0. The van der Waals surface area contributed by atoms with Gasteiger partial charge in [-0.1, -0.05) is 15.9 Å². The van der Waals surface area contributed by atoms with Crippen LogP contribution in [-0.2, 0) is 0 Å². The Morgan fingerprint density at radius 3 is 2.75 bits per heavy atom. The minimum atomic E-state index is -0.803. The molecular formula is C6H8BrF. The Kier molecular flexibility index (Phi) is 5.09. The molecule has 46 valence electrons. The lowest BCUT2D eigenvalue weighted by atomic mass is 10.3. The fraction of sp³-hybridized carbons (Fsp3) is 0.667. The monoisotopic (exact) mass is 178 g/mol. The van der Waals surface area contributed by atoms with Crippen molar-refractivity contribution in [2.75, 3.05) is 5.33 Å². The molecule has 0 aromatic rings. The fourth-order valence-electron chi connectivity index (χ4n) is 0.267. The van der Waals surface area contributed by atoms with Crippen molar-refractivity contribution in [2.24, 2.45) is 0 Å². The van der Waals surface area contributed by atoms with E-state index in [-0.39, 0.29) is 0 Å². The van der Waals surface area contributed by atoms with Gasteiger partial charge in [-0.25, -0.2) is 4.39 Å². The van der Waals surface area contributed by atoms with Gasteiger partial charge in [0.2, 0.25) is 0 Å². The van der Waals surface area contributed by atoms with E-state index in [1.54, 1.807) is 6.92 Å². The Morgan fingerprint density at radius 1 is 1.75 bits per heavy atom. The third-order valence-corrected chi connectivity index (χ3v) is 1.37. The van der Waals surface area contributed by atoms with Crippen LogP contribution in [0.5, 0.6) is 0 Å². The van der Waals surface area contributed by atoms with E-state index in [0.717, 1.165) is 0 Å². The molecule has 0 heterocycles. The van der Waals surface area contributed by atoms with Gasteiger partial charge in [-0.15, -0.1) is 11.8 Å². The van der Waals surface area contributed by atoms with Gasteiger partial charge in [0.15, 0.2) is 0 Å². The quantitative estimate of drug-likeness (QED) is 0.450. The molecule has 0 saturated carbocycles. The maximum absolute atomic E-state index is 12.2. The van der Waals surface area contributed by atoms with Crippen molar-refractivity contribution in [2.45, 2.75) is 19.5 Å². The van der Waals surface area contributed by atoms with Gasteiger partial charge in [0.05, 0.1) is 0 Å². The zero-order chi connectivity index (χ0) is 6.41. The lowest BCUT2D eigenvalue weighted by Crippen LogP contribution is -1.97. The molecule has 8 heavy (non-hydrogen) atoms. The summed E-state index contributed by atoms with van der Waals surface area (Å²) >= 11 is 3.00. The van der Waals surface area contributed by atoms with E-state index in [2.05, 4.69) is 27.8 Å². The second-order valence-electron chi connectivity index (χ2n) is 1.38. The Bertz CT molecular complexity index is 101. The van der Waals surface area contributed by atoms with Crippen LogP contribution in [0.25, 0.3) is 0 Å². The van der Waals surface area contributed by atoms with Gasteiger partial charge in [-0.3, -0.25) is 0 Å². The van der Waals surface area contributed by atoms with Gasteiger partial charge in [-0.05, 0) is 6.92 Å². The minimum absolute atomic E-state index is 0.349. The molecule has 0 saturated heterocycles. The summed E-state index contributed by atoms with van der Waals surface area (Å²) in [5.41, 5.74) is 0. The molecule has 0 bridgehead atoms. The van der Waals surface area contributed by atoms with Crippen LogP contribution in [0.4, 0.5) is 4.39 Å². The topological polar surface area (TPSA) is 0 Å². The molecule has 0 radical (unpaired) electrons. The van der Waals surface area contributed by atoms with Crippen LogP contribution in [0.3, 0.4) is 0 Å². The van der Waals surface area contributed by atoms with E-state index in [1.165, 1.54) is 0 Å². The van der Waals surface area contributed by atoms with Crippen molar-refractivity contribution in [1.82, 2.24) is 0 Å². The van der Waals surface area contributed by atoms with E-state index in [4.69, 9.17) is 0 Å². The molecule has 0 aromatic carbocycles. The van der Waals surface area contributed by atoms with E-state index in [0.29, 0.717) is 11.8 Å². The highest BCUT2D eigenvalue weighted by Crippen LogP contribution is 1.99. The van der Waals surface area contributed by atoms with Crippen LogP contribution in [0.15, 0.2) is 0 Å². The van der Waals surface area contributed by atoms with E-state index in [9.17, 15) is 4.39 Å². The van der Waals surface area contributed by atoms with Crippen molar-refractivity contribution in [3.63, 3.8) is 0 Å². The van der Waals surface area contributed by atoms with Crippen LogP contribution >= 0.6 is 15.9 Å². The summed E-state index contributed by atoms with van der Waals surface area (Å²) in [6.07, 6.45) is -0.454. The second kappa shape index (κ2) is 5.11. The smallest absolute Gasteiger partial charge is 0.121 e. The molecule has 0 fully saturated rings. The van der Waals surface area contributed by atoms with Crippen LogP contribution < -0.4 is 0 Å². The molecule has 1 unspecified atom stereocenters. The summed E-state index contributed by atoms with van der Waals surface area (Å²) in [6.45, 7) is 1.71. The molecule has 0 nitrogen and oxygen atoms in total. The summed E-state index contributed by atoms with van der Waals surface area (Å²) in [5, 5.41) is 0.391. The first-order valence-corrected chi connectivity index (χ1v) is 3.53. The maximum atomic E-state index is 12.2. The predicted octanol–water partition coefficient (Wildman–Crippen LogP) is 2.13. The highest BCUT2D eigenvalue weighted by atomic mass is 79.9. The second-order valence-corrected chi connectivity index (χ2v) is 2.03. The molecule has 0 rings (SSSR count). The largest absolute Gasteiger partial charge is 0.246 e. The fourth-order valence-corrected chi connectivity index (χ4v) is 0.496. The van der Waals surface area contributed by atoms with Crippen molar-refractivity contribution in [3.8, 4) is 11.8 Å². The average molecular weight is 179 g/mol. The number of halogens is 2. The van der Waals surface area contributed by atoms with Crippen LogP contribution in [0.2, 0.25) is 0 Å². The number of alkyl halides is 2. The summed E-state index contributed by atoms with van der Waals surface area (Å²) in [5.74, 6) is 5.27. The molecule has 1 atom stereocenters. The Morgan fingerprint density at radius 2 is 2.38 bits per heavy atom. The van der Waals surface area contributed by atoms with Gasteiger partial charge < -0.3 is 0 Å². The number of rotatable bonds is 2.